The van der Waals surface area contributed by atoms with Gasteiger partial charge in [-0.25, -0.2) is 8.42 Å². The first kappa shape index (κ1) is 31.7. The summed E-state index contributed by atoms with van der Waals surface area (Å²) < 4.78 is 31.7. The van der Waals surface area contributed by atoms with Crippen molar-refractivity contribution < 1.29 is 22.7 Å². The van der Waals surface area contributed by atoms with E-state index in [4.69, 9.17) is 27.9 Å². The molecule has 0 bridgehead atoms. The fourth-order valence-corrected chi connectivity index (χ4v) is 5.30. The van der Waals surface area contributed by atoms with Gasteiger partial charge in [-0.05, 0) is 75.6 Å². The molecule has 0 aromatic heterocycles. The van der Waals surface area contributed by atoms with Gasteiger partial charge >= 0.3 is 0 Å². The second kappa shape index (κ2) is 14.6. The number of rotatable bonds is 14. The van der Waals surface area contributed by atoms with Crippen molar-refractivity contribution in [3.05, 3.63) is 58.1 Å². The fourth-order valence-electron chi connectivity index (χ4n) is 4.01. The van der Waals surface area contributed by atoms with E-state index >= 15 is 0 Å². The second-order valence-electron chi connectivity index (χ2n) is 9.22. The summed E-state index contributed by atoms with van der Waals surface area (Å²) in [5, 5.41) is 3.64. The van der Waals surface area contributed by atoms with Gasteiger partial charge in [0.15, 0.2) is 0 Å². The third kappa shape index (κ3) is 9.36. The lowest BCUT2D eigenvalue weighted by atomic mass is 10.1. The number of hydrogen-bond donors (Lipinski definition) is 1. The minimum absolute atomic E-state index is 0.0514. The molecule has 0 radical (unpaired) electrons. The molecule has 210 valence electrons. The predicted molar refractivity (Wildman–Crippen MR) is 153 cm³/mol. The highest BCUT2D eigenvalue weighted by atomic mass is 35.5. The number of benzene rings is 2. The average molecular weight is 587 g/mol. The Kier molecular flexibility index (Phi) is 12.2. The van der Waals surface area contributed by atoms with Crippen molar-refractivity contribution in [3.63, 3.8) is 0 Å². The van der Waals surface area contributed by atoms with Crippen molar-refractivity contribution in [2.75, 3.05) is 23.7 Å². The van der Waals surface area contributed by atoms with Crippen molar-refractivity contribution in [1.29, 1.82) is 0 Å². The Morgan fingerprint density at radius 1 is 1.03 bits per heavy atom. The van der Waals surface area contributed by atoms with Crippen molar-refractivity contribution >= 4 is 50.7 Å². The molecule has 0 heterocycles. The average Bonchev–Trinajstić information content (AvgIpc) is 2.83. The maximum absolute atomic E-state index is 13.5. The largest absolute Gasteiger partial charge is 0.494 e. The Labute approximate surface area is 236 Å². The van der Waals surface area contributed by atoms with Gasteiger partial charge in [-0.1, -0.05) is 36.2 Å². The van der Waals surface area contributed by atoms with Gasteiger partial charge in [0, 0.05) is 25.6 Å². The normalized spacial score (nSPS) is 12.2. The van der Waals surface area contributed by atoms with E-state index in [0.717, 1.165) is 11.8 Å². The SMILES string of the molecule is CCOc1ccc(N(CCCC(=O)N(Cc2ccc(Cl)c(Cl)c2)[C@@H](CC)C(=O)NC(C)C)S(C)(=O)=O)cc1. The molecule has 0 aliphatic rings. The maximum Gasteiger partial charge on any atom is 0.243 e. The standard InChI is InChI=1S/C27H37Cl2N3O5S/c1-6-25(27(34)30-19(3)4)31(18-20-10-15-23(28)24(29)17-20)26(33)9-8-16-32(38(5,35)36)21-11-13-22(14-12-21)37-7-2/h10-15,17,19,25H,6-9,16,18H2,1-5H3,(H,30,34)/t25-/m0/s1. The molecule has 0 aliphatic heterocycles. The number of carbonyl (C=O) groups is 2. The van der Waals surface area contributed by atoms with E-state index in [-0.39, 0.29) is 43.8 Å². The van der Waals surface area contributed by atoms with Crippen molar-refractivity contribution in [2.24, 2.45) is 0 Å². The first-order valence-corrected chi connectivity index (χ1v) is 15.2. The Morgan fingerprint density at radius 2 is 1.68 bits per heavy atom. The zero-order valence-corrected chi connectivity index (χ0v) is 24.9. The summed E-state index contributed by atoms with van der Waals surface area (Å²) in [6, 6.07) is 11.1. The third-order valence-electron chi connectivity index (χ3n) is 5.74. The molecular weight excluding hydrogens is 549 g/mol. The molecule has 0 unspecified atom stereocenters. The van der Waals surface area contributed by atoms with E-state index in [9.17, 15) is 18.0 Å². The molecule has 0 saturated carbocycles. The van der Waals surface area contributed by atoms with Crippen LogP contribution >= 0.6 is 23.2 Å². The summed E-state index contributed by atoms with van der Waals surface area (Å²) in [7, 11) is -3.59. The van der Waals surface area contributed by atoms with Gasteiger partial charge < -0.3 is 15.0 Å². The zero-order chi connectivity index (χ0) is 28.5. The van der Waals surface area contributed by atoms with Gasteiger partial charge in [0.2, 0.25) is 21.8 Å². The number of nitrogens with zero attached hydrogens (tertiary/aromatic N) is 2. The smallest absolute Gasteiger partial charge is 0.243 e. The number of hydrogen-bond acceptors (Lipinski definition) is 5. The summed E-state index contributed by atoms with van der Waals surface area (Å²) >= 11 is 12.2. The van der Waals surface area contributed by atoms with Gasteiger partial charge in [-0.2, -0.15) is 0 Å². The Hall–Kier alpha value is -2.49. The second-order valence-corrected chi connectivity index (χ2v) is 11.9. The van der Waals surface area contributed by atoms with Crippen molar-refractivity contribution in [2.45, 2.75) is 65.6 Å². The van der Waals surface area contributed by atoms with Crippen LogP contribution < -0.4 is 14.4 Å². The van der Waals surface area contributed by atoms with E-state index in [2.05, 4.69) is 5.32 Å². The zero-order valence-electron chi connectivity index (χ0n) is 22.5. The van der Waals surface area contributed by atoms with Gasteiger partial charge in [0.1, 0.15) is 11.8 Å². The molecule has 2 aromatic rings. The van der Waals surface area contributed by atoms with Crippen LogP contribution in [-0.2, 0) is 26.2 Å². The summed E-state index contributed by atoms with van der Waals surface area (Å²) in [4.78, 5) is 28.0. The van der Waals surface area contributed by atoms with E-state index in [0.29, 0.717) is 34.5 Å². The molecule has 2 rings (SSSR count). The monoisotopic (exact) mass is 585 g/mol. The quantitative estimate of drug-likeness (QED) is 0.326. The van der Waals surface area contributed by atoms with Crippen LogP contribution in [0.3, 0.4) is 0 Å². The molecule has 2 amide bonds. The molecule has 0 fully saturated rings. The number of amides is 2. The van der Waals surface area contributed by atoms with Crippen LogP contribution in [0.4, 0.5) is 5.69 Å². The lowest BCUT2D eigenvalue weighted by molar-refractivity contribution is -0.141. The first-order chi connectivity index (χ1) is 17.9. The number of anilines is 1. The lowest BCUT2D eigenvalue weighted by Crippen LogP contribution is -2.50. The van der Waals surface area contributed by atoms with Crippen LogP contribution in [-0.4, -0.2) is 56.6 Å². The maximum atomic E-state index is 13.5. The van der Waals surface area contributed by atoms with Crippen LogP contribution in [0.2, 0.25) is 10.0 Å². The molecule has 0 aliphatic carbocycles. The summed E-state index contributed by atoms with van der Waals surface area (Å²) in [6.45, 7) is 8.20. The summed E-state index contributed by atoms with van der Waals surface area (Å²) in [6.07, 6.45) is 1.85. The van der Waals surface area contributed by atoms with Crippen LogP contribution in [0.25, 0.3) is 0 Å². The highest BCUT2D eigenvalue weighted by Crippen LogP contribution is 2.25. The summed E-state index contributed by atoms with van der Waals surface area (Å²) in [5.74, 6) is 0.133. The molecule has 1 atom stereocenters. The number of sulfonamides is 1. The molecule has 0 spiro atoms. The van der Waals surface area contributed by atoms with Gasteiger partial charge in [0.05, 0.1) is 28.6 Å². The molecule has 8 nitrogen and oxygen atoms in total. The minimum atomic E-state index is -3.59. The van der Waals surface area contributed by atoms with E-state index < -0.39 is 16.1 Å². The molecule has 2 aromatic carbocycles. The van der Waals surface area contributed by atoms with Gasteiger partial charge in [-0.15, -0.1) is 0 Å². The lowest BCUT2D eigenvalue weighted by Gasteiger charge is -2.31. The molecule has 38 heavy (non-hydrogen) atoms. The molecule has 1 N–H and O–H groups in total. The number of ether oxygens (including phenoxy) is 1. The van der Waals surface area contributed by atoms with E-state index in [1.54, 1.807) is 42.5 Å². The Morgan fingerprint density at radius 3 is 2.21 bits per heavy atom. The molecule has 0 saturated heterocycles. The van der Waals surface area contributed by atoms with Crippen LogP contribution in [0.5, 0.6) is 5.75 Å². The molecular formula is C27H37Cl2N3O5S. The number of nitrogens with one attached hydrogen (secondary N) is 1. The van der Waals surface area contributed by atoms with Gasteiger partial charge in [0.25, 0.3) is 0 Å². The fraction of sp³-hybridized carbons (Fsp3) is 0.481. The van der Waals surface area contributed by atoms with Crippen LogP contribution in [0.1, 0.15) is 52.5 Å². The van der Waals surface area contributed by atoms with E-state index in [1.165, 1.54) is 9.21 Å². The minimum Gasteiger partial charge on any atom is -0.494 e. The molecule has 11 heteroatoms. The highest BCUT2D eigenvalue weighted by molar-refractivity contribution is 7.92. The first-order valence-electron chi connectivity index (χ1n) is 12.6. The highest BCUT2D eigenvalue weighted by Gasteiger charge is 2.29. The topological polar surface area (TPSA) is 96.0 Å². The van der Waals surface area contributed by atoms with Crippen LogP contribution in [0, 0.1) is 0 Å². The van der Waals surface area contributed by atoms with Gasteiger partial charge in [-0.3, -0.25) is 13.9 Å². The number of halogens is 2. The third-order valence-corrected chi connectivity index (χ3v) is 7.67. The van der Waals surface area contributed by atoms with Crippen LogP contribution in [0.15, 0.2) is 42.5 Å². The van der Waals surface area contributed by atoms with E-state index in [1.807, 2.05) is 27.7 Å². The predicted octanol–water partition coefficient (Wildman–Crippen LogP) is 5.27. The number of carbonyl (C=O) groups excluding carboxylic acids is 2. The Bertz CT molecular complexity index is 1190. The Balaban J connectivity index is 2.23. The summed E-state index contributed by atoms with van der Waals surface area (Å²) in [5.41, 5.74) is 1.22. The van der Waals surface area contributed by atoms with Crippen molar-refractivity contribution in [3.8, 4) is 5.75 Å². The van der Waals surface area contributed by atoms with Crippen molar-refractivity contribution in [1.82, 2.24) is 10.2 Å².